The van der Waals surface area contributed by atoms with Crippen LogP contribution < -0.4 is 4.90 Å². The second-order valence-corrected chi connectivity index (χ2v) is 6.27. The molecule has 20 heavy (non-hydrogen) atoms. The second kappa shape index (κ2) is 7.26. The third kappa shape index (κ3) is 3.43. The van der Waals surface area contributed by atoms with Gasteiger partial charge in [-0.2, -0.15) is 0 Å². The van der Waals surface area contributed by atoms with E-state index in [1.165, 1.54) is 32.1 Å². The standard InChI is InChI=1S/C16H26ClN3/c1-4-6-14-15(17)18-11-19-16(14)20(3)13-9-7-12(5-2)8-10-13/h11-13H,4-10H2,1-3H3. The van der Waals surface area contributed by atoms with Gasteiger partial charge in [0.2, 0.25) is 0 Å². The third-order valence-corrected chi connectivity index (χ3v) is 4.97. The van der Waals surface area contributed by atoms with Crippen LogP contribution in [0.25, 0.3) is 0 Å². The monoisotopic (exact) mass is 295 g/mol. The zero-order chi connectivity index (χ0) is 14.5. The molecule has 1 aliphatic rings. The van der Waals surface area contributed by atoms with Crippen LogP contribution in [0.4, 0.5) is 5.82 Å². The van der Waals surface area contributed by atoms with E-state index < -0.39 is 0 Å². The Morgan fingerprint density at radius 2 is 1.90 bits per heavy atom. The molecule has 0 unspecified atom stereocenters. The molecule has 0 aromatic carbocycles. The Bertz CT molecular complexity index is 428. The second-order valence-electron chi connectivity index (χ2n) is 5.91. The minimum absolute atomic E-state index is 0.597. The lowest BCUT2D eigenvalue weighted by atomic mass is 9.84. The fourth-order valence-electron chi connectivity index (χ4n) is 3.26. The molecule has 0 spiro atoms. The average Bonchev–Trinajstić information content (AvgIpc) is 2.49. The van der Waals surface area contributed by atoms with Gasteiger partial charge in [0.15, 0.2) is 0 Å². The summed E-state index contributed by atoms with van der Waals surface area (Å²) in [5.41, 5.74) is 1.11. The first kappa shape index (κ1) is 15.6. The highest BCUT2D eigenvalue weighted by molar-refractivity contribution is 6.30. The van der Waals surface area contributed by atoms with Gasteiger partial charge in [-0.3, -0.25) is 0 Å². The molecule has 0 aliphatic heterocycles. The molecule has 112 valence electrons. The molecular formula is C16H26ClN3. The number of hydrogen-bond donors (Lipinski definition) is 0. The lowest BCUT2D eigenvalue weighted by molar-refractivity contribution is 0.312. The topological polar surface area (TPSA) is 29.0 Å². The Morgan fingerprint density at radius 3 is 2.50 bits per heavy atom. The van der Waals surface area contributed by atoms with E-state index >= 15 is 0 Å². The number of nitrogens with zero attached hydrogens (tertiary/aromatic N) is 3. The van der Waals surface area contributed by atoms with Crippen LogP contribution in [0.3, 0.4) is 0 Å². The Hall–Kier alpha value is -0.830. The smallest absolute Gasteiger partial charge is 0.137 e. The van der Waals surface area contributed by atoms with Gasteiger partial charge in [0.1, 0.15) is 17.3 Å². The number of aromatic nitrogens is 2. The van der Waals surface area contributed by atoms with Crippen LogP contribution in [-0.2, 0) is 6.42 Å². The van der Waals surface area contributed by atoms with Gasteiger partial charge in [-0.1, -0.05) is 38.3 Å². The summed E-state index contributed by atoms with van der Waals surface area (Å²) in [6, 6.07) is 0.597. The summed E-state index contributed by atoms with van der Waals surface area (Å²) in [5, 5.41) is 0.617. The van der Waals surface area contributed by atoms with Gasteiger partial charge in [0.25, 0.3) is 0 Å². The van der Waals surface area contributed by atoms with Crippen LogP contribution in [0.1, 0.15) is 57.9 Å². The molecule has 3 nitrogen and oxygen atoms in total. The van der Waals surface area contributed by atoms with Gasteiger partial charge in [-0.05, 0) is 38.0 Å². The quantitative estimate of drug-likeness (QED) is 0.750. The van der Waals surface area contributed by atoms with E-state index in [0.29, 0.717) is 11.2 Å². The van der Waals surface area contributed by atoms with Crippen molar-refractivity contribution in [3.63, 3.8) is 0 Å². The zero-order valence-corrected chi connectivity index (χ0v) is 13.7. The first-order chi connectivity index (χ1) is 9.67. The summed E-state index contributed by atoms with van der Waals surface area (Å²) >= 11 is 6.26. The molecule has 0 atom stereocenters. The Balaban J connectivity index is 2.13. The Kier molecular flexibility index (Phi) is 5.64. The van der Waals surface area contributed by atoms with Gasteiger partial charge in [0, 0.05) is 18.7 Å². The van der Waals surface area contributed by atoms with Crippen molar-refractivity contribution in [1.82, 2.24) is 9.97 Å². The van der Waals surface area contributed by atoms with E-state index in [9.17, 15) is 0 Å². The van der Waals surface area contributed by atoms with Crippen LogP contribution in [-0.4, -0.2) is 23.1 Å². The van der Waals surface area contributed by atoms with Crippen LogP contribution >= 0.6 is 11.6 Å². The summed E-state index contributed by atoms with van der Waals surface area (Å²) in [6.07, 6.45) is 10.1. The van der Waals surface area contributed by atoms with Crippen LogP contribution in [0, 0.1) is 5.92 Å². The van der Waals surface area contributed by atoms with E-state index in [2.05, 4.69) is 35.8 Å². The zero-order valence-electron chi connectivity index (χ0n) is 12.9. The van der Waals surface area contributed by atoms with Crippen LogP contribution in [0.5, 0.6) is 0 Å². The van der Waals surface area contributed by atoms with Crippen molar-refractivity contribution < 1.29 is 0 Å². The van der Waals surface area contributed by atoms with Gasteiger partial charge >= 0.3 is 0 Å². The van der Waals surface area contributed by atoms with Gasteiger partial charge in [0.05, 0.1) is 0 Å². The fraction of sp³-hybridized carbons (Fsp3) is 0.750. The molecular weight excluding hydrogens is 270 g/mol. The first-order valence-electron chi connectivity index (χ1n) is 7.89. The van der Waals surface area contributed by atoms with Crippen LogP contribution in [0.15, 0.2) is 6.33 Å². The number of rotatable bonds is 5. The highest BCUT2D eigenvalue weighted by Gasteiger charge is 2.25. The van der Waals surface area contributed by atoms with E-state index in [-0.39, 0.29) is 0 Å². The van der Waals surface area contributed by atoms with Crippen molar-refractivity contribution in [2.75, 3.05) is 11.9 Å². The van der Waals surface area contributed by atoms with Crippen molar-refractivity contribution in [2.24, 2.45) is 5.92 Å². The highest BCUT2D eigenvalue weighted by atomic mass is 35.5. The normalized spacial score (nSPS) is 22.8. The summed E-state index contributed by atoms with van der Waals surface area (Å²) in [7, 11) is 2.16. The van der Waals surface area contributed by atoms with Gasteiger partial charge < -0.3 is 4.90 Å². The lowest BCUT2D eigenvalue weighted by Gasteiger charge is -2.36. The predicted octanol–water partition coefficient (Wildman–Crippen LogP) is 4.49. The van der Waals surface area contributed by atoms with Gasteiger partial charge in [-0.25, -0.2) is 9.97 Å². The van der Waals surface area contributed by atoms with E-state index in [0.717, 1.165) is 30.1 Å². The molecule has 1 fully saturated rings. The van der Waals surface area contributed by atoms with Crippen molar-refractivity contribution in [2.45, 2.75) is 64.8 Å². The molecule has 1 aliphatic carbocycles. The molecule has 4 heteroatoms. The Morgan fingerprint density at radius 1 is 1.20 bits per heavy atom. The third-order valence-electron chi connectivity index (χ3n) is 4.65. The summed E-state index contributed by atoms with van der Waals surface area (Å²) in [6.45, 7) is 4.47. The van der Waals surface area contributed by atoms with Gasteiger partial charge in [-0.15, -0.1) is 0 Å². The summed E-state index contributed by atoms with van der Waals surface area (Å²) < 4.78 is 0. The summed E-state index contributed by atoms with van der Waals surface area (Å²) in [5.74, 6) is 1.95. The molecule has 1 aromatic heterocycles. The maximum absolute atomic E-state index is 6.26. The number of hydrogen-bond acceptors (Lipinski definition) is 3. The average molecular weight is 296 g/mol. The molecule has 1 aromatic rings. The highest BCUT2D eigenvalue weighted by Crippen LogP contribution is 2.33. The van der Waals surface area contributed by atoms with Crippen molar-refractivity contribution in [3.05, 3.63) is 17.0 Å². The van der Waals surface area contributed by atoms with Crippen LogP contribution in [0.2, 0.25) is 5.15 Å². The maximum atomic E-state index is 6.26. The SMILES string of the molecule is CCCc1c(Cl)ncnc1N(C)C1CCC(CC)CC1. The minimum atomic E-state index is 0.597. The molecule has 0 bridgehead atoms. The number of anilines is 1. The van der Waals surface area contributed by atoms with E-state index in [1.807, 2.05) is 0 Å². The molecule has 1 saturated carbocycles. The minimum Gasteiger partial charge on any atom is -0.356 e. The molecule has 0 amide bonds. The van der Waals surface area contributed by atoms with E-state index in [4.69, 9.17) is 11.6 Å². The largest absolute Gasteiger partial charge is 0.356 e. The van der Waals surface area contributed by atoms with Crippen molar-refractivity contribution in [3.8, 4) is 0 Å². The lowest BCUT2D eigenvalue weighted by Crippen LogP contribution is -2.36. The molecule has 1 heterocycles. The molecule has 0 N–H and O–H groups in total. The maximum Gasteiger partial charge on any atom is 0.137 e. The first-order valence-corrected chi connectivity index (χ1v) is 8.27. The molecule has 0 saturated heterocycles. The predicted molar refractivity (Wildman–Crippen MR) is 85.5 cm³/mol. The van der Waals surface area contributed by atoms with Crippen molar-refractivity contribution in [1.29, 1.82) is 0 Å². The summed E-state index contributed by atoms with van der Waals surface area (Å²) in [4.78, 5) is 11.0. The molecule has 2 rings (SSSR count). The van der Waals surface area contributed by atoms with E-state index in [1.54, 1.807) is 6.33 Å². The fourth-order valence-corrected chi connectivity index (χ4v) is 3.49. The number of halogens is 1. The van der Waals surface area contributed by atoms with Crippen molar-refractivity contribution >= 4 is 17.4 Å². The molecule has 0 radical (unpaired) electrons. The Labute approximate surface area is 127 Å².